The Hall–Kier alpha value is -1.51. The van der Waals surface area contributed by atoms with Gasteiger partial charge in [0.25, 0.3) is 0 Å². The van der Waals surface area contributed by atoms with E-state index in [0.717, 1.165) is 30.2 Å². The molecule has 1 aliphatic heterocycles. The Morgan fingerprint density at radius 3 is 2.59 bits per heavy atom. The molecule has 0 saturated carbocycles. The Balaban J connectivity index is 2.20. The van der Waals surface area contributed by atoms with Crippen LogP contribution in [0.2, 0.25) is 0 Å². The molecule has 0 aromatic heterocycles. The van der Waals surface area contributed by atoms with Gasteiger partial charge in [-0.15, -0.1) is 0 Å². The fourth-order valence-electron chi connectivity index (χ4n) is 2.73. The highest BCUT2D eigenvalue weighted by atomic mass is 32.2. The van der Waals surface area contributed by atoms with Crippen molar-refractivity contribution in [2.24, 2.45) is 5.92 Å². The molecule has 0 spiro atoms. The van der Waals surface area contributed by atoms with Crippen LogP contribution in [0.25, 0.3) is 0 Å². The van der Waals surface area contributed by atoms with Crippen LogP contribution in [0.4, 0.5) is 0 Å². The number of nitrogens with zero attached hydrogens (tertiary/aromatic N) is 3. The third kappa shape index (κ3) is 4.25. The van der Waals surface area contributed by atoms with E-state index in [9.17, 15) is 4.79 Å². The zero-order valence-corrected chi connectivity index (χ0v) is 14.1. The maximum Gasteiger partial charge on any atom is 0.244 e. The zero-order chi connectivity index (χ0) is 15.9. The number of rotatable bonds is 5. The molecule has 0 N–H and O–H groups in total. The molecule has 5 heteroatoms. The molecule has 1 amide bonds. The van der Waals surface area contributed by atoms with Crippen LogP contribution in [0.15, 0.2) is 30.3 Å². The second-order valence-corrected chi connectivity index (χ2v) is 6.94. The van der Waals surface area contributed by atoms with Gasteiger partial charge in [0, 0.05) is 38.2 Å². The number of hydrogen-bond acceptors (Lipinski definition) is 4. The van der Waals surface area contributed by atoms with Crippen molar-refractivity contribution in [2.45, 2.75) is 13.0 Å². The van der Waals surface area contributed by atoms with Gasteiger partial charge in [-0.3, -0.25) is 9.69 Å². The Morgan fingerprint density at radius 2 is 2.00 bits per heavy atom. The van der Waals surface area contributed by atoms with Gasteiger partial charge in [-0.25, -0.2) is 0 Å². The number of thioether (sulfide) groups is 1. The van der Waals surface area contributed by atoms with E-state index in [2.05, 4.69) is 11.0 Å². The molecule has 0 bridgehead atoms. The fourth-order valence-corrected chi connectivity index (χ4v) is 3.66. The van der Waals surface area contributed by atoms with E-state index in [-0.39, 0.29) is 17.9 Å². The smallest absolute Gasteiger partial charge is 0.244 e. The molecule has 1 saturated heterocycles. The van der Waals surface area contributed by atoms with E-state index >= 15 is 0 Å². The fraction of sp³-hybridized carbons (Fsp3) is 0.529. The lowest BCUT2D eigenvalue weighted by molar-refractivity contribution is -0.136. The van der Waals surface area contributed by atoms with Crippen LogP contribution in [0.1, 0.15) is 18.5 Å². The quantitative estimate of drug-likeness (QED) is 0.836. The number of carbonyl (C=O) groups is 1. The van der Waals surface area contributed by atoms with Crippen molar-refractivity contribution in [1.29, 1.82) is 5.26 Å². The van der Waals surface area contributed by atoms with E-state index in [4.69, 9.17) is 5.26 Å². The van der Waals surface area contributed by atoms with Crippen molar-refractivity contribution < 1.29 is 4.79 Å². The summed E-state index contributed by atoms with van der Waals surface area (Å²) in [6, 6.07) is 11.9. The van der Waals surface area contributed by atoms with Crippen LogP contribution in [0.3, 0.4) is 0 Å². The SMILES string of the molecule is C[C@@H](C#N)CN(C)C(=O)[C@H](c1ccccc1)N1CCSCC1. The van der Waals surface area contributed by atoms with Gasteiger partial charge in [-0.1, -0.05) is 30.3 Å². The first-order valence-corrected chi connectivity index (χ1v) is 8.80. The van der Waals surface area contributed by atoms with Gasteiger partial charge in [0.15, 0.2) is 0 Å². The Morgan fingerprint density at radius 1 is 1.36 bits per heavy atom. The van der Waals surface area contributed by atoms with Gasteiger partial charge in [-0.05, 0) is 12.5 Å². The lowest BCUT2D eigenvalue weighted by Gasteiger charge is -2.36. The van der Waals surface area contributed by atoms with E-state index in [1.54, 1.807) is 11.9 Å². The minimum absolute atomic E-state index is 0.0835. The highest BCUT2D eigenvalue weighted by Gasteiger charge is 2.31. The normalized spacial score (nSPS) is 18.2. The molecule has 1 aromatic carbocycles. The third-order valence-electron chi connectivity index (χ3n) is 3.90. The highest BCUT2D eigenvalue weighted by Crippen LogP contribution is 2.26. The Bertz CT molecular complexity index is 522. The van der Waals surface area contributed by atoms with Crippen LogP contribution in [0, 0.1) is 17.2 Å². The zero-order valence-electron chi connectivity index (χ0n) is 13.2. The highest BCUT2D eigenvalue weighted by molar-refractivity contribution is 7.99. The molecule has 1 aromatic rings. The van der Waals surface area contributed by atoms with Crippen LogP contribution < -0.4 is 0 Å². The summed E-state index contributed by atoms with van der Waals surface area (Å²) in [6.45, 7) is 4.18. The summed E-state index contributed by atoms with van der Waals surface area (Å²) in [5, 5.41) is 8.97. The largest absolute Gasteiger partial charge is 0.343 e. The lowest BCUT2D eigenvalue weighted by Crippen LogP contribution is -2.45. The molecule has 2 rings (SSSR count). The van der Waals surface area contributed by atoms with Gasteiger partial charge in [0.1, 0.15) is 6.04 Å². The Kier molecular flexibility index (Phi) is 6.29. The first kappa shape index (κ1) is 16.9. The van der Waals surface area contributed by atoms with Crippen LogP contribution >= 0.6 is 11.8 Å². The summed E-state index contributed by atoms with van der Waals surface area (Å²) < 4.78 is 0. The molecule has 0 aliphatic carbocycles. The second-order valence-electron chi connectivity index (χ2n) is 5.71. The van der Waals surface area contributed by atoms with Gasteiger partial charge in [-0.2, -0.15) is 17.0 Å². The number of nitriles is 1. The number of carbonyl (C=O) groups excluding carboxylic acids is 1. The summed E-state index contributed by atoms with van der Waals surface area (Å²) in [5.74, 6) is 2.06. The molecule has 1 heterocycles. The van der Waals surface area contributed by atoms with Gasteiger partial charge >= 0.3 is 0 Å². The van der Waals surface area contributed by atoms with Crippen LogP contribution in [-0.4, -0.2) is 53.9 Å². The lowest BCUT2D eigenvalue weighted by atomic mass is 10.0. The van der Waals surface area contributed by atoms with Crippen molar-refractivity contribution in [2.75, 3.05) is 38.2 Å². The molecular weight excluding hydrogens is 294 g/mol. The molecule has 0 unspecified atom stereocenters. The van der Waals surface area contributed by atoms with Gasteiger partial charge < -0.3 is 4.90 Å². The third-order valence-corrected chi connectivity index (χ3v) is 4.85. The van der Waals surface area contributed by atoms with Crippen LogP contribution in [-0.2, 0) is 4.79 Å². The predicted octanol–water partition coefficient (Wildman–Crippen LogP) is 2.39. The molecule has 4 nitrogen and oxygen atoms in total. The van der Waals surface area contributed by atoms with Crippen molar-refractivity contribution in [1.82, 2.24) is 9.80 Å². The number of likely N-dealkylation sites (N-methyl/N-ethyl adjacent to an activating group) is 1. The molecule has 2 atom stereocenters. The molecule has 0 radical (unpaired) electrons. The molecular formula is C17H23N3OS. The minimum atomic E-state index is -0.238. The number of hydrogen-bond donors (Lipinski definition) is 0. The topological polar surface area (TPSA) is 47.3 Å². The first-order valence-electron chi connectivity index (χ1n) is 7.65. The van der Waals surface area contributed by atoms with Gasteiger partial charge in [0.2, 0.25) is 5.91 Å². The summed E-state index contributed by atoms with van der Waals surface area (Å²) in [4.78, 5) is 16.9. The maximum atomic E-state index is 13.0. The van der Waals surface area contributed by atoms with Crippen molar-refractivity contribution >= 4 is 17.7 Å². The van der Waals surface area contributed by atoms with E-state index in [1.165, 1.54) is 0 Å². The second kappa shape index (κ2) is 8.21. The number of amides is 1. The molecule has 1 aliphatic rings. The van der Waals surface area contributed by atoms with Crippen molar-refractivity contribution in [3.05, 3.63) is 35.9 Å². The first-order chi connectivity index (χ1) is 10.6. The van der Waals surface area contributed by atoms with E-state index in [1.807, 2.05) is 49.0 Å². The minimum Gasteiger partial charge on any atom is -0.343 e. The van der Waals surface area contributed by atoms with E-state index < -0.39 is 0 Å². The summed E-state index contributed by atoms with van der Waals surface area (Å²) in [5.41, 5.74) is 1.04. The maximum absolute atomic E-state index is 13.0. The van der Waals surface area contributed by atoms with E-state index in [0.29, 0.717) is 6.54 Å². The van der Waals surface area contributed by atoms with Gasteiger partial charge in [0.05, 0.1) is 12.0 Å². The van der Waals surface area contributed by atoms with Crippen molar-refractivity contribution in [3.8, 4) is 6.07 Å². The summed E-state index contributed by atoms with van der Waals surface area (Å²) in [6.07, 6.45) is 0. The van der Waals surface area contributed by atoms with Crippen molar-refractivity contribution in [3.63, 3.8) is 0 Å². The Labute approximate surface area is 137 Å². The summed E-state index contributed by atoms with van der Waals surface area (Å²) in [7, 11) is 1.80. The predicted molar refractivity (Wildman–Crippen MR) is 90.5 cm³/mol. The average molecular weight is 317 g/mol. The standard InChI is InChI=1S/C17H23N3OS/c1-14(12-18)13-19(2)17(21)16(15-6-4-3-5-7-15)20-8-10-22-11-9-20/h3-7,14,16H,8-11,13H2,1-2H3/t14-,16-/m0/s1. The molecule has 118 valence electrons. The number of benzene rings is 1. The van der Waals surface area contributed by atoms with Crippen LogP contribution in [0.5, 0.6) is 0 Å². The monoisotopic (exact) mass is 317 g/mol. The average Bonchev–Trinajstić information content (AvgIpc) is 2.56. The summed E-state index contributed by atoms with van der Waals surface area (Å²) >= 11 is 1.94. The molecule has 22 heavy (non-hydrogen) atoms. The molecule has 1 fully saturated rings.